The van der Waals surface area contributed by atoms with Crippen LogP contribution in [0.5, 0.6) is 0 Å². The van der Waals surface area contributed by atoms with Crippen LogP contribution >= 0.6 is 11.6 Å². The minimum Gasteiger partial charge on any atom is -0.385 e. The number of anilines is 1. The van der Waals surface area contributed by atoms with Gasteiger partial charge in [-0.3, -0.25) is 4.79 Å². The van der Waals surface area contributed by atoms with Crippen molar-refractivity contribution in [2.24, 2.45) is 0 Å². The first-order chi connectivity index (χ1) is 11.7. The maximum absolute atomic E-state index is 11.9. The zero-order valence-corrected chi connectivity index (χ0v) is 14.3. The van der Waals surface area contributed by atoms with E-state index in [-0.39, 0.29) is 5.91 Å². The molecule has 7 heteroatoms. The van der Waals surface area contributed by atoms with Crippen molar-refractivity contribution in [2.45, 2.75) is 12.8 Å². The van der Waals surface area contributed by atoms with Gasteiger partial charge >= 0.3 is 0 Å². The number of carbonyl (C=O) groups is 1. The summed E-state index contributed by atoms with van der Waals surface area (Å²) in [7, 11) is 1.63. The summed E-state index contributed by atoms with van der Waals surface area (Å²) in [5.74, 6) is 0.409. The third-order valence-electron chi connectivity index (χ3n) is 3.33. The second-order valence-electron chi connectivity index (χ2n) is 5.19. The zero-order valence-electron chi connectivity index (χ0n) is 13.6. The van der Waals surface area contributed by atoms with E-state index in [0.29, 0.717) is 24.7 Å². The Balaban J connectivity index is 1.75. The van der Waals surface area contributed by atoms with E-state index < -0.39 is 0 Å². The Kier molecular flexibility index (Phi) is 7.45. The van der Waals surface area contributed by atoms with Gasteiger partial charge in [-0.25, -0.2) is 9.97 Å². The molecule has 0 saturated heterocycles. The number of methoxy groups -OCH3 is 1. The minimum absolute atomic E-state index is 0.230. The van der Waals surface area contributed by atoms with Crippen LogP contribution in [0.3, 0.4) is 0 Å². The Morgan fingerprint density at radius 1 is 1.17 bits per heavy atom. The summed E-state index contributed by atoms with van der Waals surface area (Å²) < 4.78 is 4.93. The molecule has 0 bridgehead atoms. The van der Waals surface area contributed by atoms with Gasteiger partial charge in [0.05, 0.1) is 12.4 Å². The summed E-state index contributed by atoms with van der Waals surface area (Å²) in [6.45, 7) is 1.89. The van der Waals surface area contributed by atoms with E-state index in [9.17, 15) is 4.79 Å². The monoisotopic (exact) mass is 348 g/mol. The maximum atomic E-state index is 11.9. The van der Waals surface area contributed by atoms with Crippen LogP contribution < -0.4 is 10.6 Å². The highest BCUT2D eigenvalue weighted by molar-refractivity contribution is 6.30. The molecular weight excluding hydrogens is 328 g/mol. The van der Waals surface area contributed by atoms with E-state index >= 15 is 0 Å². The Labute approximate surface area is 146 Å². The van der Waals surface area contributed by atoms with E-state index in [1.54, 1.807) is 13.3 Å². The number of carbonyl (C=O) groups excluding carboxylic acids is 1. The van der Waals surface area contributed by atoms with Crippen LogP contribution in [0.1, 0.15) is 22.5 Å². The number of hydrogen-bond acceptors (Lipinski definition) is 5. The lowest BCUT2D eigenvalue weighted by molar-refractivity contribution is 0.0943. The number of nitrogens with zero attached hydrogens (tertiary/aromatic N) is 2. The molecule has 0 spiro atoms. The Hall–Kier alpha value is -2.18. The largest absolute Gasteiger partial charge is 0.385 e. The van der Waals surface area contributed by atoms with Gasteiger partial charge in [0.25, 0.3) is 5.91 Å². The van der Waals surface area contributed by atoms with Crippen molar-refractivity contribution in [3.8, 4) is 0 Å². The predicted molar refractivity (Wildman–Crippen MR) is 94.5 cm³/mol. The van der Waals surface area contributed by atoms with Crippen LogP contribution in [0, 0.1) is 0 Å². The molecule has 2 N–H and O–H groups in total. The van der Waals surface area contributed by atoms with Crippen molar-refractivity contribution in [1.29, 1.82) is 0 Å². The van der Waals surface area contributed by atoms with Crippen molar-refractivity contribution in [3.05, 3.63) is 52.9 Å². The normalized spacial score (nSPS) is 10.4. The number of rotatable bonds is 9. The van der Waals surface area contributed by atoms with E-state index in [1.165, 1.54) is 11.8 Å². The van der Waals surface area contributed by atoms with Crippen molar-refractivity contribution < 1.29 is 9.53 Å². The quantitative estimate of drug-likeness (QED) is 0.681. The van der Waals surface area contributed by atoms with Gasteiger partial charge in [-0.15, -0.1) is 0 Å². The first-order valence-corrected chi connectivity index (χ1v) is 8.14. The van der Waals surface area contributed by atoms with Crippen molar-refractivity contribution in [2.75, 3.05) is 32.1 Å². The van der Waals surface area contributed by atoms with Gasteiger partial charge < -0.3 is 15.4 Å². The fourth-order valence-electron chi connectivity index (χ4n) is 2.03. The molecule has 128 valence electrons. The third-order valence-corrected chi connectivity index (χ3v) is 3.58. The molecule has 0 aliphatic carbocycles. The van der Waals surface area contributed by atoms with Crippen LogP contribution in [0.2, 0.25) is 5.02 Å². The SMILES string of the molecule is COCCCNC(=O)c1cnc(NCCc2ccc(Cl)cc2)cn1. The third kappa shape index (κ3) is 6.14. The van der Waals surface area contributed by atoms with Gasteiger partial charge in [-0.1, -0.05) is 23.7 Å². The molecule has 2 aromatic rings. The van der Waals surface area contributed by atoms with Gasteiger partial charge in [-0.05, 0) is 30.5 Å². The molecule has 6 nitrogen and oxygen atoms in total. The highest BCUT2D eigenvalue weighted by Gasteiger charge is 2.07. The molecule has 0 radical (unpaired) electrons. The van der Waals surface area contributed by atoms with Gasteiger partial charge in [0.1, 0.15) is 11.5 Å². The second kappa shape index (κ2) is 9.85. The van der Waals surface area contributed by atoms with E-state index in [2.05, 4.69) is 20.6 Å². The number of amides is 1. The van der Waals surface area contributed by atoms with Crippen molar-refractivity contribution >= 4 is 23.3 Å². The topological polar surface area (TPSA) is 76.1 Å². The summed E-state index contributed by atoms with van der Waals surface area (Å²) in [5, 5.41) is 6.68. The number of benzene rings is 1. The summed E-state index contributed by atoms with van der Waals surface area (Å²) in [5.41, 5.74) is 1.49. The Bertz CT molecular complexity index is 632. The average molecular weight is 349 g/mol. The molecule has 0 aliphatic rings. The number of halogens is 1. The number of nitrogens with one attached hydrogen (secondary N) is 2. The lowest BCUT2D eigenvalue weighted by atomic mass is 10.1. The molecule has 1 heterocycles. The van der Waals surface area contributed by atoms with E-state index in [0.717, 1.165) is 24.4 Å². The van der Waals surface area contributed by atoms with Crippen LogP contribution in [0.4, 0.5) is 5.82 Å². The van der Waals surface area contributed by atoms with Crippen LogP contribution in [-0.2, 0) is 11.2 Å². The van der Waals surface area contributed by atoms with Gasteiger partial charge in [-0.2, -0.15) is 0 Å². The molecule has 1 amide bonds. The number of aromatic nitrogens is 2. The molecule has 1 aromatic heterocycles. The number of hydrogen-bond donors (Lipinski definition) is 2. The zero-order chi connectivity index (χ0) is 17.2. The molecule has 0 unspecified atom stereocenters. The lowest BCUT2D eigenvalue weighted by Gasteiger charge is -2.07. The second-order valence-corrected chi connectivity index (χ2v) is 5.63. The van der Waals surface area contributed by atoms with Gasteiger partial charge in [0.15, 0.2) is 0 Å². The first-order valence-electron chi connectivity index (χ1n) is 7.76. The van der Waals surface area contributed by atoms with Gasteiger partial charge in [0.2, 0.25) is 0 Å². The Morgan fingerprint density at radius 3 is 2.62 bits per heavy atom. The van der Waals surface area contributed by atoms with E-state index in [1.807, 2.05) is 24.3 Å². The van der Waals surface area contributed by atoms with Crippen LogP contribution in [-0.4, -0.2) is 42.7 Å². The first kappa shape index (κ1) is 18.2. The highest BCUT2D eigenvalue weighted by atomic mass is 35.5. The summed E-state index contributed by atoms with van der Waals surface area (Å²) in [4.78, 5) is 20.2. The van der Waals surface area contributed by atoms with Crippen LogP contribution in [0.15, 0.2) is 36.7 Å². The fourth-order valence-corrected chi connectivity index (χ4v) is 2.16. The molecule has 0 saturated carbocycles. The molecule has 0 aliphatic heterocycles. The average Bonchev–Trinajstić information content (AvgIpc) is 2.61. The summed E-state index contributed by atoms with van der Waals surface area (Å²) in [6.07, 6.45) is 4.64. The minimum atomic E-state index is -0.230. The molecule has 0 atom stereocenters. The van der Waals surface area contributed by atoms with Crippen molar-refractivity contribution in [1.82, 2.24) is 15.3 Å². The predicted octanol–water partition coefficient (Wildman–Crippen LogP) is 2.55. The van der Waals surface area contributed by atoms with Gasteiger partial charge in [0, 0.05) is 31.8 Å². The standard InChI is InChI=1S/C17H21ClN4O2/c1-24-10-2-8-20-17(23)15-11-22-16(12-21-15)19-9-7-13-3-5-14(18)6-4-13/h3-6,11-12H,2,7-10H2,1H3,(H,19,22)(H,20,23). The number of ether oxygens (including phenoxy) is 1. The highest BCUT2D eigenvalue weighted by Crippen LogP contribution is 2.10. The van der Waals surface area contributed by atoms with E-state index in [4.69, 9.17) is 16.3 Å². The molecule has 2 rings (SSSR count). The summed E-state index contributed by atoms with van der Waals surface area (Å²) in [6, 6.07) is 7.73. The fraction of sp³-hybridized carbons (Fsp3) is 0.353. The Morgan fingerprint density at radius 2 is 1.96 bits per heavy atom. The summed E-state index contributed by atoms with van der Waals surface area (Å²) >= 11 is 5.86. The molecule has 1 aromatic carbocycles. The van der Waals surface area contributed by atoms with Crippen LogP contribution in [0.25, 0.3) is 0 Å². The molecular formula is C17H21ClN4O2. The lowest BCUT2D eigenvalue weighted by Crippen LogP contribution is -2.26. The molecule has 0 fully saturated rings. The smallest absolute Gasteiger partial charge is 0.271 e. The maximum Gasteiger partial charge on any atom is 0.271 e. The molecule has 24 heavy (non-hydrogen) atoms. The van der Waals surface area contributed by atoms with Crippen molar-refractivity contribution in [3.63, 3.8) is 0 Å².